The molecule has 1 saturated heterocycles. The summed E-state index contributed by atoms with van der Waals surface area (Å²) in [4.78, 5) is 22.1. The zero-order valence-electron chi connectivity index (χ0n) is 10.6. The van der Waals surface area contributed by atoms with Gasteiger partial charge in [-0.2, -0.15) is 0 Å². The van der Waals surface area contributed by atoms with Gasteiger partial charge in [-0.1, -0.05) is 6.07 Å². The number of benzene rings is 1. The van der Waals surface area contributed by atoms with Crippen LogP contribution in [0.15, 0.2) is 18.2 Å². The maximum absolute atomic E-state index is 11.8. The summed E-state index contributed by atoms with van der Waals surface area (Å²) in [6, 6.07) is 4.58. The monoisotopic (exact) mass is 265 g/mol. The van der Waals surface area contributed by atoms with Gasteiger partial charge < -0.3 is 9.47 Å². The van der Waals surface area contributed by atoms with Crippen molar-refractivity contribution in [3.63, 3.8) is 0 Å². The van der Waals surface area contributed by atoms with Gasteiger partial charge in [0.1, 0.15) is 12.4 Å². The van der Waals surface area contributed by atoms with E-state index in [0.717, 1.165) is 6.42 Å². The molecule has 6 heteroatoms. The van der Waals surface area contributed by atoms with Crippen LogP contribution in [-0.2, 0) is 9.53 Å². The number of carbonyl (C=O) groups is 1. The van der Waals surface area contributed by atoms with Gasteiger partial charge in [0, 0.05) is 18.6 Å². The van der Waals surface area contributed by atoms with Crippen molar-refractivity contribution in [3.8, 4) is 5.75 Å². The number of ketones is 1. The van der Waals surface area contributed by atoms with Crippen molar-refractivity contribution < 1.29 is 19.2 Å². The van der Waals surface area contributed by atoms with Crippen molar-refractivity contribution in [1.29, 1.82) is 0 Å². The molecular formula is C13H15NO5. The lowest BCUT2D eigenvalue weighted by Gasteiger charge is -2.10. The molecule has 1 aliphatic heterocycles. The second-order valence-electron chi connectivity index (χ2n) is 4.47. The molecule has 19 heavy (non-hydrogen) atoms. The third-order valence-corrected chi connectivity index (χ3v) is 3.21. The van der Waals surface area contributed by atoms with E-state index in [0.29, 0.717) is 24.5 Å². The third-order valence-electron chi connectivity index (χ3n) is 3.21. The zero-order valence-corrected chi connectivity index (χ0v) is 10.6. The molecule has 102 valence electrons. The van der Waals surface area contributed by atoms with Crippen LogP contribution in [0.3, 0.4) is 0 Å². The summed E-state index contributed by atoms with van der Waals surface area (Å²) < 4.78 is 10.5. The highest BCUT2D eigenvalue weighted by molar-refractivity contribution is 5.82. The van der Waals surface area contributed by atoms with Crippen LogP contribution >= 0.6 is 0 Å². The summed E-state index contributed by atoms with van der Waals surface area (Å²) in [6.45, 7) is 2.58. The van der Waals surface area contributed by atoms with Crippen molar-refractivity contribution in [2.45, 2.75) is 13.3 Å². The van der Waals surface area contributed by atoms with E-state index in [1.165, 1.54) is 6.07 Å². The van der Waals surface area contributed by atoms with E-state index in [2.05, 4.69) is 0 Å². The second-order valence-corrected chi connectivity index (χ2v) is 4.47. The lowest BCUT2D eigenvalue weighted by molar-refractivity contribution is -0.385. The predicted octanol–water partition coefficient (Wildman–Crippen LogP) is 1.89. The number of hydrogen-bond acceptors (Lipinski definition) is 5. The number of ether oxygens (including phenoxy) is 2. The van der Waals surface area contributed by atoms with E-state index in [4.69, 9.17) is 9.47 Å². The Morgan fingerprint density at radius 2 is 2.37 bits per heavy atom. The van der Waals surface area contributed by atoms with E-state index in [-0.39, 0.29) is 24.0 Å². The van der Waals surface area contributed by atoms with Gasteiger partial charge >= 0.3 is 0 Å². The van der Waals surface area contributed by atoms with E-state index in [1.807, 2.05) is 0 Å². The van der Waals surface area contributed by atoms with Crippen molar-refractivity contribution in [3.05, 3.63) is 33.9 Å². The highest BCUT2D eigenvalue weighted by atomic mass is 16.6. The number of nitrogens with zero attached hydrogens (tertiary/aromatic N) is 1. The van der Waals surface area contributed by atoms with Gasteiger partial charge in [-0.25, -0.2) is 0 Å². The Kier molecular flexibility index (Phi) is 4.11. The first-order valence-corrected chi connectivity index (χ1v) is 6.07. The number of carbonyl (C=O) groups excluding carboxylic acids is 1. The van der Waals surface area contributed by atoms with Gasteiger partial charge in [0.05, 0.1) is 17.1 Å². The molecule has 0 amide bonds. The first-order valence-electron chi connectivity index (χ1n) is 6.07. The van der Waals surface area contributed by atoms with Crippen LogP contribution in [-0.4, -0.2) is 30.5 Å². The van der Waals surface area contributed by atoms with Crippen LogP contribution in [0, 0.1) is 23.0 Å². The van der Waals surface area contributed by atoms with Gasteiger partial charge in [-0.15, -0.1) is 0 Å². The fourth-order valence-corrected chi connectivity index (χ4v) is 2.01. The summed E-state index contributed by atoms with van der Waals surface area (Å²) in [6.07, 6.45) is 0.718. The van der Waals surface area contributed by atoms with Gasteiger partial charge in [0.15, 0.2) is 5.78 Å². The van der Waals surface area contributed by atoms with E-state index in [9.17, 15) is 14.9 Å². The highest BCUT2D eigenvalue weighted by Gasteiger charge is 2.24. The molecule has 1 atom stereocenters. The minimum atomic E-state index is -0.463. The number of nitro groups is 1. The van der Waals surface area contributed by atoms with Gasteiger partial charge in [-0.3, -0.25) is 14.9 Å². The fraction of sp³-hybridized carbons (Fsp3) is 0.462. The molecule has 1 aliphatic rings. The molecule has 0 N–H and O–H groups in total. The van der Waals surface area contributed by atoms with E-state index >= 15 is 0 Å². The molecule has 2 rings (SSSR count). The van der Waals surface area contributed by atoms with Crippen LogP contribution in [0.25, 0.3) is 0 Å². The quantitative estimate of drug-likeness (QED) is 0.600. The molecule has 0 aliphatic carbocycles. The Morgan fingerprint density at radius 1 is 1.58 bits per heavy atom. The second kappa shape index (κ2) is 5.79. The van der Waals surface area contributed by atoms with Crippen LogP contribution in [0.1, 0.15) is 12.0 Å². The lowest BCUT2D eigenvalue weighted by Crippen LogP contribution is -2.21. The normalized spacial score (nSPS) is 18.3. The molecule has 1 fully saturated rings. The zero-order chi connectivity index (χ0) is 13.8. The van der Waals surface area contributed by atoms with Crippen LogP contribution < -0.4 is 4.74 Å². The van der Waals surface area contributed by atoms with Crippen molar-refractivity contribution >= 4 is 11.5 Å². The topological polar surface area (TPSA) is 78.7 Å². The van der Waals surface area contributed by atoms with Gasteiger partial charge in [0.25, 0.3) is 5.69 Å². The predicted molar refractivity (Wildman–Crippen MR) is 67.3 cm³/mol. The van der Waals surface area contributed by atoms with Gasteiger partial charge in [-0.05, 0) is 19.4 Å². The number of hydrogen-bond donors (Lipinski definition) is 0. The molecule has 0 saturated carbocycles. The van der Waals surface area contributed by atoms with Crippen molar-refractivity contribution in [1.82, 2.24) is 0 Å². The molecule has 0 spiro atoms. The SMILES string of the molecule is Cc1c(OCC(=O)C2CCOC2)cccc1[N+](=O)[O-]. The van der Waals surface area contributed by atoms with Crippen molar-refractivity contribution in [2.24, 2.45) is 5.92 Å². The first-order chi connectivity index (χ1) is 9.09. The van der Waals surface area contributed by atoms with Crippen LogP contribution in [0.2, 0.25) is 0 Å². The summed E-state index contributed by atoms with van der Waals surface area (Å²) in [5.41, 5.74) is 0.428. The van der Waals surface area contributed by atoms with Crippen LogP contribution in [0.5, 0.6) is 5.75 Å². The molecule has 1 unspecified atom stereocenters. The Labute approximate surface area is 110 Å². The van der Waals surface area contributed by atoms with E-state index < -0.39 is 4.92 Å². The Hall–Kier alpha value is -1.95. The maximum atomic E-state index is 11.8. The van der Waals surface area contributed by atoms with Crippen molar-refractivity contribution in [2.75, 3.05) is 19.8 Å². The molecule has 6 nitrogen and oxygen atoms in total. The van der Waals surface area contributed by atoms with Gasteiger partial charge in [0.2, 0.25) is 0 Å². The minimum Gasteiger partial charge on any atom is -0.485 e. The molecule has 0 aromatic heterocycles. The fourth-order valence-electron chi connectivity index (χ4n) is 2.01. The number of rotatable bonds is 5. The van der Waals surface area contributed by atoms with Crippen LogP contribution in [0.4, 0.5) is 5.69 Å². The summed E-state index contributed by atoms with van der Waals surface area (Å²) in [5.74, 6) is 0.240. The molecule has 0 radical (unpaired) electrons. The highest BCUT2D eigenvalue weighted by Crippen LogP contribution is 2.27. The van der Waals surface area contributed by atoms with E-state index in [1.54, 1.807) is 19.1 Å². The molecular weight excluding hydrogens is 250 g/mol. The molecule has 1 aromatic rings. The molecule has 1 aromatic carbocycles. The third kappa shape index (κ3) is 3.08. The average Bonchev–Trinajstić information content (AvgIpc) is 2.90. The maximum Gasteiger partial charge on any atom is 0.276 e. The Bertz CT molecular complexity index is 494. The number of Topliss-reactive ketones (excluding diaryl/α,β-unsaturated/α-hetero) is 1. The Morgan fingerprint density at radius 3 is 3.00 bits per heavy atom. The smallest absolute Gasteiger partial charge is 0.276 e. The summed E-state index contributed by atoms with van der Waals surface area (Å²) >= 11 is 0. The lowest BCUT2D eigenvalue weighted by atomic mass is 10.0. The minimum absolute atomic E-state index is 0.00542. The summed E-state index contributed by atoms with van der Waals surface area (Å²) in [5, 5.41) is 10.8. The summed E-state index contributed by atoms with van der Waals surface area (Å²) in [7, 11) is 0. The molecule has 1 heterocycles. The Balaban J connectivity index is 2.01. The average molecular weight is 265 g/mol. The first kappa shape index (κ1) is 13.5. The molecule has 0 bridgehead atoms. The largest absolute Gasteiger partial charge is 0.485 e. The standard InChI is InChI=1S/C13H15NO5/c1-9-11(14(16)17)3-2-4-13(9)19-8-12(15)10-5-6-18-7-10/h2-4,10H,5-8H2,1H3. The number of nitro benzene ring substituents is 1.